The molecule has 0 atom stereocenters. The van der Waals surface area contributed by atoms with Crippen molar-refractivity contribution < 1.29 is 14.1 Å². The molecule has 0 saturated heterocycles. The Morgan fingerprint density at radius 3 is 2.33 bits per heavy atom. The van der Waals surface area contributed by atoms with Gasteiger partial charge >= 0.3 is 5.97 Å². The van der Waals surface area contributed by atoms with Crippen molar-refractivity contribution in [1.29, 1.82) is 0 Å². The Morgan fingerprint density at radius 2 is 1.83 bits per heavy atom. The average Bonchev–Trinajstić information content (AvgIpc) is 2.07. The Hall–Kier alpha value is -1.10. The second-order valence-electron chi connectivity index (χ2n) is 1.80. The molecule has 0 bridgehead atoms. The van der Waals surface area contributed by atoms with Gasteiger partial charge in [-0.3, -0.25) is 4.89 Å². The molecule has 0 radical (unpaired) electrons. The molecule has 0 aliphatic carbocycles. The summed E-state index contributed by atoms with van der Waals surface area (Å²) in [4.78, 5) is 14.9. The molecule has 1 aromatic carbocycles. The van der Waals surface area contributed by atoms with Gasteiger partial charge in [0.2, 0.25) is 0 Å². The molecule has 0 aliphatic heterocycles. The average molecular weight is 190 g/mol. The third kappa shape index (κ3) is 2.87. The minimum absolute atomic E-state index is 0. The monoisotopic (exact) mass is 189 g/mol. The van der Waals surface area contributed by atoms with Crippen LogP contribution in [-0.4, -0.2) is 5.97 Å². The van der Waals surface area contributed by atoms with Gasteiger partial charge in [-0.1, -0.05) is 22.6 Å². The van der Waals surface area contributed by atoms with Gasteiger partial charge in [0.15, 0.2) is 0 Å². The van der Waals surface area contributed by atoms with Crippen LogP contribution in [0.1, 0.15) is 10.4 Å². The summed E-state index contributed by atoms with van der Waals surface area (Å²) in [5.74, 6) is -0.611. The van der Waals surface area contributed by atoms with E-state index in [2.05, 4.69) is 9.33 Å². The van der Waals surface area contributed by atoms with Crippen molar-refractivity contribution in [2.75, 3.05) is 0 Å². The predicted octanol–water partition coefficient (Wildman–Crippen LogP) is 2.09. The fraction of sp³-hybridized carbons (Fsp3) is 0. The van der Waals surface area contributed by atoms with Crippen LogP contribution in [0.3, 0.4) is 0 Å². The number of benzene rings is 1. The molecule has 4 nitrogen and oxygen atoms in total. The summed E-state index contributed by atoms with van der Waals surface area (Å²) >= 11 is 4.70. The molecule has 0 spiro atoms. The molecule has 0 fully saturated rings. The van der Waals surface area contributed by atoms with Crippen LogP contribution in [0.2, 0.25) is 0 Å². The molecule has 0 unspecified atom stereocenters. The van der Waals surface area contributed by atoms with E-state index < -0.39 is 5.97 Å². The molecule has 66 valence electrons. The van der Waals surface area contributed by atoms with Gasteiger partial charge in [-0.05, 0) is 12.1 Å². The molecule has 0 heterocycles. The number of halogens is 1. The SMILES string of the molecule is N.O=C(OOCl)c1ccccc1. The molecule has 5 heteroatoms. The van der Waals surface area contributed by atoms with Crippen LogP contribution >= 0.6 is 11.9 Å². The lowest BCUT2D eigenvalue weighted by Crippen LogP contribution is -2.01. The molecule has 0 aromatic heterocycles. The van der Waals surface area contributed by atoms with E-state index in [9.17, 15) is 4.79 Å². The van der Waals surface area contributed by atoms with E-state index >= 15 is 0 Å². The third-order valence-corrected chi connectivity index (χ3v) is 1.18. The lowest BCUT2D eigenvalue weighted by Gasteiger charge is -1.95. The molecule has 12 heavy (non-hydrogen) atoms. The number of hydrogen-bond acceptors (Lipinski definition) is 4. The summed E-state index contributed by atoms with van der Waals surface area (Å²) < 4.78 is 3.68. The number of hydrogen-bond donors (Lipinski definition) is 1. The first-order valence-corrected chi connectivity index (χ1v) is 3.20. The maximum absolute atomic E-state index is 10.8. The summed E-state index contributed by atoms with van der Waals surface area (Å²) in [5, 5.41) is 0. The van der Waals surface area contributed by atoms with Crippen LogP contribution in [0.4, 0.5) is 0 Å². The molecule has 0 saturated carbocycles. The fourth-order valence-corrected chi connectivity index (χ4v) is 0.708. The van der Waals surface area contributed by atoms with Gasteiger partial charge in [0, 0.05) is 0 Å². The molecule has 0 amide bonds. The van der Waals surface area contributed by atoms with Crippen LogP contribution in [-0.2, 0) is 9.33 Å². The molecule has 3 N–H and O–H groups in total. The van der Waals surface area contributed by atoms with E-state index in [0.717, 1.165) is 0 Å². The summed E-state index contributed by atoms with van der Waals surface area (Å²) in [6.07, 6.45) is 0. The van der Waals surface area contributed by atoms with Crippen molar-refractivity contribution in [3.05, 3.63) is 35.9 Å². The first-order chi connectivity index (χ1) is 5.34. The van der Waals surface area contributed by atoms with E-state index in [-0.39, 0.29) is 6.15 Å². The first kappa shape index (κ1) is 10.9. The summed E-state index contributed by atoms with van der Waals surface area (Å²) in [6.45, 7) is 0. The molecule has 1 rings (SSSR count). The largest absolute Gasteiger partial charge is 0.375 e. The van der Waals surface area contributed by atoms with Gasteiger partial charge in [0.1, 0.15) is 11.9 Å². The minimum Gasteiger partial charge on any atom is -0.344 e. The van der Waals surface area contributed by atoms with Crippen molar-refractivity contribution in [3.63, 3.8) is 0 Å². The van der Waals surface area contributed by atoms with Gasteiger partial charge in [-0.15, -0.1) is 0 Å². The zero-order chi connectivity index (χ0) is 8.10. The van der Waals surface area contributed by atoms with E-state index in [0.29, 0.717) is 5.56 Å². The maximum Gasteiger partial charge on any atom is 0.375 e. The van der Waals surface area contributed by atoms with Crippen LogP contribution in [0.25, 0.3) is 0 Å². The van der Waals surface area contributed by atoms with Gasteiger partial charge < -0.3 is 6.15 Å². The summed E-state index contributed by atoms with van der Waals surface area (Å²) in [6, 6.07) is 8.41. The van der Waals surface area contributed by atoms with Crippen LogP contribution in [0.15, 0.2) is 30.3 Å². The van der Waals surface area contributed by atoms with Crippen LogP contribution < -0.4 is 6.15 Å². The highest BCUT2D eigenvalue weighted by atomic mass is 35.5. The lowest BCUT2D eigenvalue weighted by molar-refractivity contribution is -0.144. The van der Waals surface area contributed by atoms with Gasteiger partial charge in [-0.25, -0.2) is 4.79 Å². The van der Waals surface area contributed by atoms with Gasteiger partial charge in [0.05, 0.1) is 5.56 Å². The van der Waals surface area contributed by atoms with Crippen molar-refractivity contribution >= 4 is 17.8 Å². The Morgan fingerprint density at radius 1 is 1.25 bits per heavy atom. The van der Waals surface area contributed by atoms with Crippen LogP contribution in [0, 0.1) is 0 Å². The van der Waals surface area contributed by atoms with Crippen molar-refractivity contribution in [3.8, 4) is 0 Å². The van der Waals surface area contributed by atoms with Crippen molar-refractivity contribution in [2.45, 2.75) is 0 Å². The third-order valence-electron chi connectivity index (χ3n) is 1.12. The Labute approximate surface area is 74.7 Å². The zero-order valence-corrected chi connectivity index (χ0v) is 6.95. The fourth-order valence-electron chi connectivity index (χ4n) is 0.651. The second kappa shape index (κ2) is 5.54. The highest BCUT2D eigenvalue weighted by Gasteiger charge is 2.05. The quantitative estimate of drug-likeness (QED) is 0.571. The predicted molar refractivity (Wildman–Crippen MR) is 43.8 cm³/mol. The van der Waals surface area contributed by atoms with Gasteiger partial charge in [0.25, 0.3) is 0 Å². The van der Waals surface area contributed by atoms with Crippen molar-refractivity contribution in [2.24, 2.45) is 0 Å². The molecule has 0 aliphatic rings. The highest BCUT2D eigenvalue weighted by Crippen LogP contribution is 2.01. The molecular weight excluding hydrogens is 182 g/mol. The normalized spacial score (nSPS) is 8.42. The maximum atomic E-state index is 10.8. The molecule has 1 aromatic rings. The Bertz CT molecular complexity index is 240. The summed E-state index contributed by atoms with van der Waals surface area (Å²) in [5.41, 5.74) is 0.396. The van der Waals surface area contributed by atoms with Crippen LogP contribution in [0.5, 0.6) is 0 Å². The summed E-state index contributed by atoms with van der Waals surface area (Å²) in [7, 11) is 0. The number of carbonyl (C=O) groups is 1. The highest BCUT2D eigenvalue weighted by molar-refractivity contribution is 6.07. The van der Waals surface area contributed by atoms with Gasteiger partial charge in [-0.2, -0.15) is 0 Å². The topological polar surface area (TPSA) is 70.5 Å². The lowest BCUT2D eigenvalue weighted by atomic mass is 10.2. The minimum atomic E-state index is -0.611. The van der Waals surface area contributed by atoms with Crippen molar-refractivity contribution in [1.82, 2.24) is 6.15 Å². The number of rotatable bonds is 2. The smallest absolute Gasteiger partial charge is 0.344 e. The van der Waals surface area contributed by atoms with E-state index in [1.807, 2.05) is 0 Å². The first-order valence-electron chi connectivity index (χ1n) is 2.89. The van der Waals surface area contributed by atoms with E-state index in [1.165, 1.54) is 0 Å². The number of carbonyl (C=O) groups excluding carboxylic acids is 1. The Balaban J connectivity index is 0.00000121. The Kier molecular flexibility index (Phi) is 5.03. The molecular formula is C7H8ClNO3. The standard InChI is InChI=1S/C7H5ClO3.H3N/c8-11-10-7(9)6-4-2-1-3-5-6;/h1-5H;1H3. The van der Waals surface area contributed by atoms with E-state index in [1.54, 1.807) is 30.3 Å². The second-order valence-corrected chi connectivity index (χ2v) is 1.93. The van der Waals surface area contributed by atoms with E-state index in [4.69, 9.17) is 11.9 Å². The zero-order valence-electron chi connectivity index (χ0n) is 6.20.